The number of thioether (sulfide) groups is 1. The Balaban J connectivity index is 1.44. The molecule has 0 aliphatic carbocycles. The number of hydrogen-bond donors (Lipinski definition) is 4. The quantitative estimate of drug-likeness (QED) is 0.167. The Morgan fingerprint density at radius 1 is 1.33 bits per heavy atom. The zero-order valence-corrected chi connectivity index (χ0v) is 22.0. The molecule has 1 fully saturated rings. The SMILES string of the molecule is COc1ccc2ncc(CO)c(C(O)CCC3(C(=O)NO)CCN(CCSc4cccs4)CC3)c2c1. The lowest BCUT2D eigenvalue weighted by atomic mass is 9.73. The lowest BCUT2D eigenvalue weighted by Crippen LogP contribution is -2.48. The van der Waals surface area contributed by atoms with E-state index in [4.69, 9.17) is 4.74 Å². The van der Waals surface area contributed by atoms with Crippen molar-refractivity contribution in [2.45, 2.75) is 42.6 Å². The van der Waals surface area contributed by atoms with Crippen LogP contribution in [0.3, 0.4) is 0 Å². The highest BCUT2D eigenvalue weighted by molar-refractivity contribution is 8.01. The second kappa shape index (κ2) is 12.4. The Kier molecular flexibility index (Phi) is 9.21. The number of benzene rings is 1. The van der Waals surface area contributed by atoms with Crippen LogP contribution in [-0.4, -0.2) is 63.7 Å². The van der Waals surface area contributed by atoms with E-state index in [0.29, 0.717) is 53.5 Å². The van der Waals surface area contributed by atoms with E-state index in [9.17, 15) is 20.2 Å². The highest BCUT2D eigenvalue weighted by atomic mass is 32.2. The predicted molar refractivity (Wildman–Crippen MR) is 141 cm³/mol. The maximum Gasteiger partial charge on any atom is 0.249 e. The molecule has 36 heavy (non-hydrogen) atoms. The zero-order chi connectivity index (χ0) is 25.5. The average molecular weight is 532 g/mol. The number of methoxy groups -OCH3 is 1. The van der Waals surface area contributed by atoms with Crippen molar-refractivity contribution in [3.8, 4) is 5.75 Å². The Labute approximate surface area is 219 Å². The highest BCUT2D eigenvalue weighted by Crippen LogP contribution is 2.40. The maximum absolute atomic E-state index is 12.8. The van der Waals surface area contributed by atoms with Crippen molar-refractivity contribution in [2.24, 2.45) is 5.41 Å². The van der Waals surface area contributed by atoms with Crippen LogP contribution in [0.2, 0.25) is 0 Å². The molecule has 3 heterocycles. The van der Waals surface area contributed by atoms with Crippen molar-refractivity contribution in [2.75, 3.05) is 32.5 Å². The number of rotatable bonds is 11. The number of ether oxygens (including phenoxy) is 1. The molecule has 4 rings (SSSR count). The summed E-state index contributed by atoms with van der Waals surface area (Å²) in [6.07, 6.45) is 2.60. The summed E-state index contributed by atoms with van der Waals surface area (Å²) in [5, 5.41) is 33.5. The molecule has 8 nitrogen and oxygen atoms in total. The number of hydrogen-bond acceptors (Lipinski definition) is 9. The molecule has 0 bridgehead atoms. The first-order valence-corrected chi connectivity index (χ1v) is 13.9. The van der Waals surface area contributed by atoms with E-state index in [0.717, 1.165) is 25.4 Å². The van der Waals surface area contributed by atoms with Gasteiger partial charge in [-0.1, -0.05) is 6.07 Å². The van der Waals surface area contributed by atoms with Crippen molar-refractivity contribution in [3.63, 3.8) is 0 Å². The molecule has 0 saturated carbocycles. The number of likely N-dealkylation sites (tertiary alicyclic amines) is 1. The Morgan fingerprint density at radius 2 is 2.14 bits per heavy atom. The number of nitrogens with one attached hydrogen (secondary N) is 1. The number of aliphatic hydroxyl groups is 2. The van der Waals surface area contributed by atoms with Crippen LogP contribution in [0.15, 0.2) is 46.1 Å². The standard InChI is InChI=1S/C26H33N3O5S2/c1-34-19-4-5-21-20(15-19)24(18(17-30)16-27-21)22(31)6-7-26(25(32)28-33)8-10-29(11-9-26)12-14-36-23-3-2-13-35-23/h2-5,13,15-16,22,30-31,33H,6-12,14,17H2,1H3,(H,28,32). The van der Waals surface area contributed by atoms with Crippen molar-refractivity contribution in [1.29, 1.82) is 0 Å². The largest absolute Gasteiger partial charge is 0.497 e. The third-order valence-corrected chi connectivity index (χ3v) is 9.25. The number of hydroxylamine groups is 1. The summed E-state index contributed by atoms with van der Waals surface area (Å²) in [7, 11) is 1.57. The molecule has 1 atom stereocenters. The van der Waals surface area contributed by atoms with Crippen LogP contribution in [-0.2, 0) is 11.4 Å². The minimum Gasteiger partial charge on any atom is -0.497 e. The number of amides is 1. The predicted octanol–water partition coefficient (Wildman–Crippen LogP) is 3.99. The monoisotopic (exact) mass is 531 g/mol. The first-order valence-electron chi connectivity index (χ1n) is 12.1. The third kappa shape index (κ3) is 6.01. The minimum atomic E-state index is -0.909. The van der Waals surface area contributed by atoms with Crippen LogP contribution in [0.1, 0.15) is 42.9 Å². The molecule has 1 saturated heterocycles. The van der Waals surface area contributed by atoms with Gasteiger partial charge in [0.1, 0.15) is 5.75 Å². The van der Waals surface area contributed by atoms with Gasteiger partial charge in [-0.3, -0.25) is 15.0 Å². The second-order valence-corrected chi connectivity index (χ2v) is 11.5. The molecule has 1 aromatic carbocycles. The van der Waals surface area contributed by atoms with Crippen LogP contribution in [0.25, 0.3) is 10.9 Å². The third-order valence-electron chi connectivity index (χ3n) is 7.14. The van der Waals surface area contributed by atoms with Crippen molar-refractivity contribution in [3.05, 3.63) is 53.0 Å². The average Bonchev–Trinajstić information content (AvgIpc) is 3.44. The summed E-state index contributed by atoms with van der Waals surface area (Å²) in [6.45, 7) is 2.19. The number of aromatic nitrogens is 1. The fraction of sp³-hybridized carbons (Fsp3) is 0.462. The maximum atomic E-state index is 12.8. The number of piperidine rings is 1. The summed E-state index contributed by atoms with van der Waals surface area (Å²) >= 11 is 3.58. The van der Waals surface area contributed by atoms with Gasteiger partial charge in [0.2, 0.25) is 5.91 Å². The first kappa shape index (κ1) is 26.8. The molecule has 1 amide bonds. The number of carbonyl (C=O) groups excluding carboxylic acids is 1. The number of nitrogens with zero attached hydrogens (tertiary/aromatic N) is 2. The molecule has 10 heteroatoms. The van der Waals surface area contributed by atoms with Crippen molar-refractivity contribution >= 4 is 39.9 Å². The van der Waals surface area contributed by atoms with Gasteiger partial charge in [-0.25, -0.2) is 5.48 Å². The number of fused-ring (bicyclic) bond motifs is 1. The van der Waals surface area contributed by atoms with Gasteiger partial charge in [0.25, 0.3) is 0 Å². The van der Waals surface area contributed by atoms with Gasteiger partial charge in [0.15, 0.2) is 0 Å². The van der Waals surface area contributed by atoms with Crippen molar-refractivity contribution in [1.82, 2.24) is 15.4 Å². The van der Waals surface area contributed by atoms with Crippen LogP contribution < -0.4 is 10.2 Å². The Hall–Kier alpha value is -2.21. The van der Waals surface area contributed by atoms with E-state index in [1.165, 1.54) is 4.21 Å². The molecule has 3 aromatic rings. The summed E-state index contributed by atoms with van der Waals surface area (Å²) in [6, 6.07) is 9.61. The molecule has 0 spiro atoms. The van der Waals surface area contributed by atoms with E-state index in [1.54, 1.807) is 30.7 Å². The molecule has 1 aliphatic rings. The number of carbonyl (C=O) groups is 1. The number of pyridine rings is 1. The summed E-state index contributed by atoms with van der Waals surface area (Å²) in [5.74, 6) is 1.22. The Morgan fingerprint density at radius 3 is 2.81 bits per heavy atom. The first-order chi connectivity index (χ1) is 17.5. The molecule has 194 valence electrons. The zero-order valence-electron chi connectivity index (χ0n) is 20.4. The van der Waals surface area contributed by atoms with Gasteiger partial charge in [0, 0.05) is 29.4 Å². The Bertz CT molecular complexity index is 1140. The van der Waals surface area contributed by atoms with Gasteiger partial charge < -0.3 is 19.8 Å². The van der Waals surface area contributed by atoms with Gasteiger partial charge >= 0.3 is 0 Å². The van der Waals surface area contributed by atoms with E-state index in [2.05, 4.69) is 27.4 Å². The fourth-order valence-corrected chi connectivity index (χ4v) is 6.83. The van der Waals surface area contributed by atoms with E-state index in [1.807, 2.05) is 29.4 Å². The lowest BCUT2D eigenvalue weighted by molar-refractivity contribution is -0.143. The van der Waals surface area contributed by atoms with Crippen LogP contribution in [0.4, 0.5) is 0 Å². The topological polar surface area (TPSA) is 115 Å². The summed E-state index contributed by atoms with van der Waals surface area (Å²) < 4.78 is 6.65. The normalized spacial score (nSPS) is 16.7. The van der Waals surface area contributed by atoms with Crippen LogP contribution >= 0.6 is 23.1 Å². The number of thiophene rings is 1. The van der Waals surface area contributed by atoms with E-state index >= 15 is 0 Å². The van der Waals surface area contributed by atoms with Crippen molar-refractivity contribution < 1.29 is 25.0 Å². The highest BCUT2D eigenvalue weighted by Gasteiger charge is 2.41. The van der Waals surface area contributed by atoms with Crippen LogP contribution in [0, 0.1) is 5.41 Å². The van der Waals surface area contributed by atoms with Gasteiger partial charge in [0.05, 0.1) is 35.0 Å². The molecular formula is C26H33N3O5S2. The van der Waals surface area contributed by atoms with Gasteiger partial charge in [-0.05, 0) is 74.0 Å². The van der Waals surface area contributed by atoms with Gasteiger partial charge in [-0.2, -0.15) is 0 Å². The fourth-order valence-electron chi connectivity index (χ4n) is 4.97. The number of aliphatic hydroxyl groups excluding tert-OH is 2. The molecule has 1 unspecified atom stereocenters. The molecule has 4 N–H and O–H groups in total. The van der Waals surface area contributed by atoms with Gasteiger partial charge in [-0.15, -0.1) is 23.1 Å². The van der Waals surface area contributed by atoms with E-state index in [-0.39, 0.29) is 6.61 Å². The molecule has 0 radical (unpaired) electrons. The summed E-state index contributed by atoms with van der Waals surface area (Å²) in [5.41, 5.74) is 2.96. The smallest absolute Gasteiger partial charge is 0.249 e. The molecule has 1 aliphatic heterocycles. The second-order valence-electron chi connectivity index (χ2n) is 9.14. The van der Waals surface area contributed by atoms with E-state index < -0.39 is 17.4 Å². The van der Waals surface area contributed by atoms with Crippen LogP contribution in [0.5, 0.6) is 5.75 Å². The molecule has 2 aromatic heterocycles. The summed E-state index contributed by atoms with van der Waals surface area (Å²) in [4.78, 5) is 19.6. The lowest BCUT2D eigenvalue weighted by Gasteiger charge is -2.40. The molecular weight excluding hydrogens is 498 g/mol. The minimum absolute atomic E-state index is 0.257.